The Labute approximate surface area is 162 Å². The van der Waals surface area contributed by atoms with E-state index in [2.05, 4.69) is 25.1 Å². The fourth-order valence-corrected chi connectivity index (χ4v) is 3.08. The second-order valence-corrected chi connectivity index (χ2v) is 8.16. The molecular formula is C19H43NO5S. The summed E-state index contributed by atoms with van der Waals surface area (Å²) in [6.07, 6.45) is 14.0. The van der Waals surface area contributed by atoms with Crippen LogP contribution in [0.2, 0.25) is 0 Å². The van der Waals surface area contributed by atoms with E-state index in [4.69, 9.17) is 5.11 Å². The maximum atomic E-state index is 9.45. The minimum Gasteiger partial charge on any atom is -0.726 e. The topological polar surface area (TPSA) is 86.7 Å². The average molecular weight is 398 g/mol. The molecule has 0 saturated carbocycles. The lowest BCUT2D eigenvalue weighted by atomic mass is 10.1. The second kappa shape index (κ2) is 18.2. The van der Waals surface area contributed by atoms with Crippen LogP contribution in [0.5, 0.6) is 0 Å². The smallest absolute Gasteiger partial charge is 0.217 e. The van der Waals surface area contributed by atoms with Crippen molar-refractivity contribution < 1.29 is 26.7 Å². The summed E-state index contributed by atoms with van der Waals surface area (Å²) in [5.74, 6) is 0. The van der Waals surface area contributed by atoms with E-state index in [0.29, 0.717) is 6.61 Å². The van der Waals surface area contributed by atoms with E-state index in [1.54, 1.807) is 0 Å². The standard InChI is InChI=1S/C17H38NO.C2H6O4S/c1-4-6-7-8-9-10-11-12-13-14-15-18(3,5-2)16-17-19;1-2-6-7(3,4)5/h19H,4-17H2,1-3H3;2H2,1H3,(H,3,4,5)/q+1;/p-1. The second-order valence-electron chi connectivity index (χ2n) is 7.10. The van der Waals surface area contributed by atoms with Crippen molar-refractivity contribution in [1.82, 2.24) is 0 Å². The van der Waals surface area contributed by atoms with Gasteiger partial charge in [-0.25, -0.2) is 8.42 Å². The third-order valence-electron chi connectivity index (χ3n) is 4.72. The number of unbranched alkanes of at least 4 members (excludes halogenated alkanes) is 9. The maximum absolute atomic E-state index is 9.45. The van der Waals surface area contributed by atoms with E-state index in [1.165, 1.54) is 77.7 Å². The maximum Gasteiger partial charge on any atom is 0.217 e. The Bertz CT molecular complexity index is 389. The van der Waals surface area contributed by atoms with Gasteiger partial charge in [-0.05, 0) is 26.7 Å². The zero-order valence-corrected chi connectivity index (χ0v) is 18.4. The normalized spacial score (nSPS) is 13.8. The van der Waals surface area contributed by atoms with Crippen molar-refractivity contribution in [2.75, 3.05) is 39.9 Å². The molecule has 1 N–H and O–H groups in total. The van der Waals surface area contributed by atoms with E-state index < -0.39 is 10.4 Å². The highest BCUT2D eigenvalue weighted by Crippen LogP contribution is 2.12. The average Bonchev–Trinajstić information content (AvgIpc) is 2.56. The van der Waals surface area contributed by atoms with E-state index >= 15 is 0 Å². The van der Waals surface area contributed by atoms with Crippen LogP contribution in [0.4, 0.5) is 0 Å². The van der Waals surface area contributed by atoms with Crippen LogP contribution in [0.1, 0.15) is 85.0 Å². The summed E-state index contributed by atoms with van der Waals surface area (Å²) < 4.78 is 33.0. The molecule has 0 aliphatic heterocycles. The van der Waals surface area contributed by atoms with E-state index in [-0.39, 0.29) is 6.61 Å². The monoisotopic (exact) mass is 397 g/mol. The Balaban J connectivity index is 0. The van der Waals surface area contributed by atoms with Gasteiger partial charge in [-0.3, -0.25) is 4.18 Å². The van der Waals surface area contributed by atoms with Crippen LogP contribution in [0.25, 0.3) is 0 Å². The van der Waals surface area contributed by atoms with Crippen molar-refractivity contribution in [3.8, 4) is 0 Å². The molecular weight excluding hydrogens is 354 g/mol. The molecule has 0 aromatic heterocycles. The summed E-state index contributed by atoms with van der Waals surface area (Å²) in [6.45, 7) is 9.44. The van der Waals surface area contributed by atoms with Gasteiger partial charge in [0.15, 0.2) is 0 Å². The van der Waals surface area contributed by atoms with Gasteiger partial charge in [-0.15, -0.1) is 0 Å². The lowest BCUT2D eigenvalue weighted by Crippen LogP contribution is -2.46. The SMILES string of the molecule is CCCCCCCCCCCC[N+](C)(CC)CCO.CCOS(=O)(=O)[O-]. The number of rotatable bonds is 16. The molecule has 1 unspecified atom stereocenters. The lowest BCUT2D eigenvalue weighted by Gasteiger charge is -2.32. The first-order valence-corrected chi connectivity index (χ1v) is 11.6. The molecule has 6 nitrogen and oxygen atoms in total. The predicted octanol–water partition coefficient (Wildman–Crippen LogP) is 3.85. The molecule has 0 radical (unpaired) electrons. The Kier molecular flexibility index (Phi) is 19.6. The van der Waals surface area contributed by atoms with Crippen molar-refractivity contribution in [2.24, 2.45) is 0 Å². The third-order valence-corrected chi connectivity index (χ3v) is 5.24. The van der Waals surface area contributed by atoms with Gasteiger partial charge in [0, 0.05) is 0 Å². The number of aliphatic hydroxyl groups excluding tert-OH is 1. The molecule has 0 aromatic rings. The van der Waals surface area contributed by atoms with Crippen LogP contribution in [0.3, 0.4) is 0 Å². The molecule has 0 spiro atoms. The van der Waals surface area contributed by atoms with Gasteiger partial charge in [0.1, 0.15) is 6.54 Å². The van der Waals surface area contributed by atoms with Crippen LogP contribution >= 0.6 is 0 Å². The summed E-state index contributed by atoms with van der Waals surface area (Å²) in [6, 6.07) is 0. The molecule has 0 saturated heterocycles. The highest BCUT2D eigenvalue weighted by Gasteiger charge is 2.17. The first kappa shape index (κ1) is 28.0. The van der Waals surface area contributed by atoms with Crippen molar-refractivity contribution in [1.29, 1.82) is 0 Å². The Morgan fingerprint density at radius 2 is 1.31 bits per heavy atom. The molecule has 160 valence electrons. The first-order valence-electron chi connectivity index (χ1n) is 10.3. The number of quaternary nitrogens is 1. The molecule has 0 aromatic carbocycles. The van der Waals surface area contributed by atoms with E-state index in [1.807, 2.05) is 0 Å². The van der Waals surface area contributed by atoms with Gasteiger partial charge in [-0.2, -0.15) is 0 Å². The summed E-state index contributed by atoms with van der Waals surface area (Å²) in [7, 11) is -2.16. The van der Waals surface area contributed by atoms with Crippen LogP contribution < -0.4 is 0 Å². The minimum atomic E-state index is -4.42. The van der Waals surface area contributed by atoms with Crippen LogP contribution in [0.15, 0.2) is 0 Å². The van der Waals surface area contributed by atoms with E-state index in [0.717, 1.165) is 17.6 Å². The summed E-state index contributed by atoms with van der Waals surface area (Å²) in [5, 5.41) is 9.08. The lowest BCUT2D eigenvalue weighted by molar-refractivity contribution is -0.908. The molecule has 0 aliphatic carbocycles. The van der Waals surface area contributed by atoms with Gasteiger partial charge >= 0.3 is 0 Å². The first-order chi connectivity index (χ1) is 12.2. The molecule has 0 aliphatic rings. The quantitative estimate of drug-likeness (QED) is 0.185. The highest BCUT2D eigenvalue weighted by atomic mass is 32.3. The number of hydrogen-bond donors (Lipinski definition) is 1. The zero-order chi connectivity index (χ0) is 20.3. The summed E-state index contributed by atoms with van der Waals surface area (Å²) in [4.78, 5) is 0. The Hall–Kier alpha value is -0.210. The molecule has 7 heteroatoms. The van der Waals surface area contributed by atoms with Gasteiger partial charge < -0.3 is 14.1 Å². The molecule has 0 amide bonds. The van der Waals surface area contributed by atoms with Crippen molar-refractivity contribution >= 4 is 10.4 Å². The predicted molar refractivity (Wildman–Crippen MR) is 107 cm³/mol. The zero-order valence-electron chi connectivity index (χ0n) is 17.5. The fourth-order valence-electron chi connectivity index (χ4n) is 2.79. The summed E-state index contributed by atoms with van der Waals surface area (Å²) in [5.41, 5.74) is 0. The Morgan fingerprint density at radius 3 is 1.62 bits per heavy atom. The number of nitrogens with zero attached hydrogens (tertiary/aromatic N) is 1. The van der Waals surface area contributed by atoms with Crippen molar-refractivity contribution in [2.45, 2.75) is 85.0 Å². The largest absolute Gasteiger partial charge is 0.726 e. The van der Waals surface area contributed by atoms with Crippen molar-refractivity contribution in [3.05, 3.63) is 0 Å². The van der Waals surface area contributed by atoms with Crippen molar-refractivity contribution in [3.63, 3.8) is 0 Å². The van der Waals surface area contributed by atoms with Gasteiger partial charge in [-0.1, -0.05) is 58.3 Å². The van der Waals surface area contributed by atoms with Gasteiger partial charge in [0.25, 0.3) is 0 Å². The molecule has 1 atom stereocenters. The molecule has 0 heterocycles. The molecule has 0 bridgehead atoms. The van der Waals surface area contributed by atoms with E-state index in [9.17, 15) is 13.0 Å². The number of hydrogen-bond acceptors (Lipinski definition) is 5. The molecule has 0 rings (SSSR count). The van der Waals surface area contributed by atoms with Crippen LogP contribution in [-0.2, 0) is 14.6 Å². The number of aliphatic hydroxyl groups is 1. The highest BCUT2D eigenvalue weighted by molar-refractivity contribution is 7.80. The molecule has 26 heavy (non-hydrogen) atoms. The van der Waals surface area contributed by atoms with Crippen LogP contribution in [0, 0.1) is 0 Å². The molecule has 0 fully saturated rings. The fraction of sp³-hybridized carbons (Fsp3) is 1.00. The van der Waals surface area contributed by atoms with Gasteiger partial charge in [0.05, 0.1) is 33.4 Å². The third kappa shape index (κ3) is 21.8. The number of likely N-dealkylation sites (N-methyl/N-ethyl adjacent to an activating group) is 1. The Morgan fingerprint density at radius 1 is 0.846 bits per heavy atom. The summed E-state index contributed by atoms with van der Waals surface area (Å²) >= 11 is 0. The van der Waals surface area contributed by atoms with Crippen LogP contribution in [-0.4, -0.2) is 62.5 Å². The minimum absolute atomic E-state index is 0.0914. The van der Waals surface area contributed by atoms with Gasteiger partial charge in [0.2, 0.25) is 10.4 Å².